The van der Waals surface area contributed by atoms with E-state index in [2.05, 4.69) is 5.32 Å². The molecule has 0 aromatic carbocycles. The summed E-state index contributed by atoms with van der Waals surface area (Å²) in [6.07, 6.45) is 6.18. The van der Waals surface area contributed by atoms with Crippen molar-refractivity contribution in [2.24, 2.45) is 5.73 Å². The summed E-state index contributed by atoms with van der Waals surface area (Å²) >= 11 is 0. The zero-order valence-corrected chi connectivity index (χ0v) is 10.9. The van der Waals surface area contributed by atoms with Gasteiger partial charge in [0.1, 0.15) is 0 Å². The number of amides is 1. The summed E-state index contributed by atoms with van der Waals surface area (Å²) in [5, 5.41) is 2.81. The van der Waals surface area contributed by atoms with Crippen molar-refractivity contribution in [1.82, 2.24) is 5.32 Å². The molecule has 2 atom stereocenters. The molecule has 1 amide bonds. The van der Waals surface area contributed by atoms with Crippen LogP contribution < -0.4 is 11.1 Å². The topological polar surface area (TPSA) is 72.2 Å². The van der Waals surface area contributed by atoms with E-state index in [0.29, 0.717) is 13.0 Å². The normalized spacial score (nSPS) is 22.7. The summed E-state index contributed by atoms with van der Waals surface area (Å²) < 4.78 is 11.1. The summed E-state index contributed by atoms with van der Waals surface area (Å²) in [5.74, 6) is -0.0123. The van der Waals surface area contributed by atoms with Gasteiger partial charge in [0.2, 0.25) is 5.91 Å². The third-order valence-electron chi connectivity index (χ3n) is 3.27. The molecule has 0 bridgehead atoms. The quantitative estimate of drug-likeness (QED) is 0.743. The maximum atomic E-state index is 11.6. The van der Waals surface area contributed by atoms with Gasteiger partial charge in [0.15, 0.2) is 0 Å². The number of carbonyl (C=O) groups excluding carboxylic acids is 1. The standard InChI is InChI=1S/C11H22N2O2S/c1-9(16(2)15)8-13-10(14)7-11(12)5-3-4-6-11/h9H,3-8,12H2,1-2H3,(H,13,14). The van der Waals surface area contributed by atoms with Crippen molar-refractivity contribution in [1.29, 1.82) is 0 Å². The average Bonchev–Trinajstić information content (AvgIpc) is 2.60. The van der Waals surface area contributed by atoms with Crippen molar-refractivity contribution in [2.45, 2.75) is 49.8 Å². The molecule has 2 unspecified atom stereocenters. The first-order chi connectivity index (χ1) is 7.43. The van der Waals surface area contributed by atoms with E-state index in [1.807, 2.05) is 6.92 Å². The van der Waals surface area contributed by atoms with Crippen LogP contribution in [0, 0.1) is 0 Å². The highest BCUT2D eigenvalue weighted by molar-refractivity contribution is 7.84. The number of carbonyl (C=O) groups is 1. The lowest BCUT2D eigenvalue weighted by atomic mass is 9.94. The summed E-state index contributed by atoms with van der Waals surface area (Å²) in [5.41, 5.74) is 5.81. The summed E-state index contributed by atoms with van der Waals surface area (Å²) in [4.78, 5) is 11.6. The van der Waals surface area contributed by atoms with Crippen LogP contribution in [0.15, 0.2) is 0 Å². The molecule has 0 heterocycles. The van der Waals surface area contributed by atoms with Crippen molar-refractivity contribution in [2.75, 3.05) is 12.8 Å². The number of hydrogen-bond acceptors (Lipinski definition) is 3. The molecule has 3 N–H and O–H groups in total. The summed E-state index contributed by atoms with van der Waals surface area (Å²) in [6, 6.07) is 0. The Labute approximate surface area is 99.8 Å². The Hall–Kier alpha value is -0.420. The third kappa shape index (κ3) is 4.22. The minimum absolute atomic E-state index is 0.00116. The van der Waals surface area contributed by atoms with Crippen LogP contribution in [0.4, 0.5) is 0 Å². The zero-order chi connectivity index (χ0) is 12.2. The van der Waals surface area contributed by atoms with E-state index in [9.17, 15) is 9.00 Å². The Morgan fingerprint density at radius 3 is 2.56 bits per heavy atom. The van der Waals surface area contributed by atoms with E-state index < -0.39 is 10.8 Å². The van der Waals surface area contributed by atoms with Crippen molar-refractivity contribution < 1.29 is 9.00 Å². The molecule has 0 aliphatic heterocycles. The Bertz CT molecular complexity index is 275. The number of hydrogen-bond donors (Lipinski definition) is 2. The molecule has 1 rings (SSSR count). The predicted octanol–water partition coefficient (Wildman–Crippen LogP) is 0.531. The molecule has 0 spiro atoms. The van der Waals surface area contributed by atoms with Crippen LogP contribution in [0.25, 0.3) is 0 Å². The van der Waals surface area contributed by atoms with E-state index in [1.165, 1.54) is 0 Å². The van der Waals surface area contributed by atoms with E-state index >= 15 is 0 Å². The minimum Gasteiger partial charge on any atom is -0.355 e. The van der Waals surface area contributed by atoms with Crippen LogP contribution in [-0.2, 0) is 15.6 Å². The summed E-state index contributed by atoms with van der Waals surface area (Å²) in [7, 11) is -0.887. The molecule has 0 radical (unpaired) electrons. The second-order valence-corrected chi connectivity index (χ2v) is 6.66. The van der Waals surface area contributed by atoms with E-state index in [4.69, 9.17) is 5.73 Å². The fourth-order valence-corrected chi connectivity index (χ4v) is 2.33. The van der Waals surface area contributed by atoms with E-state index in [1.54, 1.807) is 6.26 Å². The first kappa shape index (κ1) is 13.6. The third-order valence-corrected chi connectivity index (χ3v) is 4.57. The highest BCUT2D eigenvalue weighted by Gasteiger charge is 2.31. The van der Waals surface area contributed by atoms with Crippen LogP contribution in [0.1, 0.15) is 39.0 Å². The van der Waals surface area contributed by atoms with Crippen LogP contribution in [0.2, 0.25) is 0 Å². The van der Waals surface area contributed by atoms with E-state index in [0.717, 1.165) is 25.7 Å². The SMILES string of the molecule is CC(CNC(=O)CC1(N)CCCC1)S(C)=O. The Morgan fingerprint density at radius 1 is 1.50 bits per heavy atom. The maximum absolute atomic E-state index is 11.6. The second kappa shape index (κ2) is 5.77. The molecule has 1 aliphatic rings. The van der Waals surface area contributed by atoms with Crippen molar-refractivity contribution in [3.63, 3.8) is 0 Å². The van der Waals surface area contributed by atoms with Crippen LogP contribution in [0.3, 0.4) is 0 Å². The molecule has 94 valence electrons. The minimum atomic E-state index is -0.887. The lowest BCUT2D eigenvalue weighted by Crippen LogP contribution is -2.43. The Balaban J connectivity index is 2.28. The van der Waals surface area contributed by atoms with Crippen molar-refractivity contribution in [3.8, 4) is 0 Å². The lowest BCUT2D eigenvalue weighted by Gasteiger charge is -2.22. The first-order valence-electron chi connectivity index (χ1n) is 5.81. The Morgan fingerprint density at radius 2 is 2.06 bits per heavy atom. The fourth-order valence-electron chi connectivity index (χ4n) is 2.01. The van der Waals surface area contributed by atoms with Gasteiger partial charge in [-0.25, -0.2) is 0 Å². The zero-order valence-electron chi connectivity index (χ0n) is 10.1. The summed E-state index contributed by atoms with van der Waals surface area (Å²) in [6.45, 7) is 2.34. The van der Waals surface area contributed by atoms with Crippen LogP contribution >= 0.6 is 0 Å². The maximum Gasteiger partial charge on any atom is 0.221 e. The molecule has 1 saturated carbocycles. The molecule has 5 heteroatoms. The lowest BCUT2D eigenvalue weighted by molar-refractivity contribution is -0.122. The highest BCUT2D eigenvalue weighted by atomic mass is 32.2. The predicted molar refractivity (Wildman–Crippen MR) is 66.5 cm³/mol. The van der Waals surface area contributed by atoms with Crippen molar-refractivity contribution >= 4 is 16.7 Å². The van der Waals surface area contributed by atoms with Gasteiger partial charge in [-0.15, -0.1) is 0 Å². The number of rotatable bonds is 5. The fraction of sp³-hybridized carbons (Fsp3) is 0.909. The second-order valence-electron chi connectivity index (χ2n) is 4.86. The van der Waals surface area contributed by atoms with Crippen molar-refractivity contribution in [3.05, 3.63) is 0 Å². The van der Waals surface area contributed by atoms with Crippen LogP contribution in [-0.4, -0.2) is 33.7 Å². The van der Waals surface area contributed by atoms with Gasteiger partial charge < -0.3 is 11.1 Å². The molecule has 0 saturated heterocycles. The van der Waals surface area contributed by atoms with Gasteiger partial charge in [0, 0.05) is 40.8 Å². The average molecular weight is 246 g/mol. The van der Waals surface area contributed by atoms with Crippen LogP contribution in [0.5, 0.6) is 0 Å². The molecule has 0 aromatic rings. The highest BCUT2D eigenvalue weighted by Crippen LogP contribution is 2.29. The molecule has 1 aliphatic carbocycles. The number of nitrogens with one attached hydrogen (secondary N) is 1. The van der Waals surface area contributed by atoms with Gasteiger partial charge in [-0.3, -0.25) is 9.00 Å². The smallest absolute Gasteiger partial charge is 0.221 e. The largest absolute Gasteiger partial charge is 0.355 e. The van der Waals surface area contributed by atoms with Gasteiger partial charge in [-0.05, 0) is 19.8 Å². The molecule has 16 heavy (non-hydrogen) atoms. The van der Waals surface area contributed by atoms with Gasteiger partial charge in [0.25, 0.3) is 0 Å². The molecule has 1 fully saturated rings. The Kier molecular flexibility index (Phi) is 4.92. The van der Waals surface area contributed by atoms with Gasteiger partial charge >= 0.3 is 0 Å². The molecule has 0 aromatic heterocycles. The molecule has 4 nitrogen and oxygen atoms in total. The number of nitrogens with two attached hydrogens (primary N) is 1. The first-order valence-corrected chi connectivity index (χ1v) is 7.43. The van der Waals surface area contributed by atoms with Gasteiger partial charge in [-0.2, -0.15) is 0 Å². The molecular formula is C11H22N2O2S. The van der Waals surface area contributed by atoms with E-state index in [-0.39, 0.29) is 16.7 Å². The monoisotopic (exact) mass is 246 g/mol. The molecular weight excluding hydrogens is 224 g/mol. The van der Waals surface area contributed by atoms with Gasteiger partial charge in [-0.1, -0.05) is 12.8 Å². The van der Waals surface area contributed by atoms with Gasteiger partial charge in [0.05, 0.1) is 0 Å².